The second-order valence-electron chi connectivity index (χ2n) is 8.63. The van der Waals surface area contributed by atoms with Gasteiger partial charge in [-0.3, -0.25) is 9.69 Å². The summed E-state index contributed by atoms with van der Waals surface area (Å²) in [5.74, 6) is 1.96. The van der Waals surface area contributed by atoms with Crippen LogP contribution in [-0.4, -0.2) is 46.7 Å². The molecule has 1 aliphatic rings. The molecule has 0 spiro atoms. The number of aryl methyl sites for hydroxylation is 1. The van der Waals surface area contributed by atoms with Gasteiger partial charge in [0, 0.05) is 16.6 Å². The van der Waals surface area contributed by atoms with E-state index in [9.17, 15) is 4.79 Å². The van der Waals surface area contributed by atoms with Gasteiger partial charge in [0.05, 0.1) is 18.5 Å². The van der Waals surface area contributed by atoms with Gasteiger partial charge in [-0.2, -0.15) is 4.98 Å². The molecule has 1 aromatic heterocycles. The monoisotopic (exact) mass is 512 g/mol. The highest BCUT2D eigenvalue weighted by Gasteiger charge is 2.27. The van der Waals surface area contributed by atoms with E-state index in [4.69, 9.17) is 9.26 Å². The van der Waals surface area contributed by atoms with E-state index in [1.165, 1.54) is 5.56 Å². The van der Waals surface area contributed by atoms with E-state index >= 15 is 0 Å². The van der Waals surface area contributed by atoms with E-state index in [1.54, 1.807) is 0 Å². The maximum Gasteiger partial charge on any atom is 0.241 e. The van der Waals surface area contributed by atoms with Crippen LogP contribution in [0.5, 0.6) is 5.75 Å². The smallest absolute Gasteiger partial charge is 0.241 e. The molecule has 33 heavy (non-hydrogen) atoms. The number of aromatic nitrogens is 2. The first-order chi connectivity index (χ1) is 16.0. The SMILES string of the molecule is Cc1ccc(OCC(C)NC(=O)C2CCCN(Cc3nc(-c4ccc(Br)cc4)no3)C2)cc1. The molecule has 174 valence electrons. The molecule has 8 heteroatoms. The van der Waals surface area contributed by atoms with Crippen molar-refractivity contribution < 1.29 is 14.1 Å². The number of carbonyl (C=O) groups excluding carboxylic acids is 1. The number of piperidine rings is 1. The minimum Gasteiger partial charge on any atom is -0.491 e. The Balaban J connectivity index is 1.26. The van der Waals surface area contributed by atoms with Crippen LogP contribution in [0.2, 0.25) is 0 Å². The number of hydrogen-bond acceptors (Lipinski definition) is 6. The molecule has 2 aromatic carbocycles. The number of ether oxygens (including phenoxy) is 1. The summed E-state index contributed by atoms with van der Waals surface area (Å²) in [6.07, 6.45) is 1.84. The fraction of sp³-hybridized carbons (Fsp3) is 0.400. The van der Waals surface area contributed by atoms with E-state index in [-0.39, 0.29) is 17.9 Å². The first-order valence-corrected chi connectivity index (χ1v) is 12.1. The van der Waals surface area contributed by atoms with Gasteiger partial charge >= 0.3 is 0 Å². The van der Waals surface area contributed by atoms with Crippen molar-refractivity contribution >= 4 is 21.8 Å². The summed E-state index contributed by atoms with van der Waals surface area (Å²) in [4.78, 5) is 19.6. The molecule has 1 N–H and O–H groups in total. The van der Waals surface area contributed by atoms with Crippen molar-refractivity contribution in [2.45, 2.75) is 39.3 Å². The van der Waals surface area contributed by atoms with Crippen LogP contribution in [0.1, 0.15) is 31.2 Å². The van der Waals surface area contributed by atoms with Gasteiger partial charge in [0.25, 0.3) is 0 Å². The summed E-state index contributed by atoms with van der Waals surface area (Å²) < 4.78 is 12.3. The van der Waals surface area contributed by atoms with Crippen molar-refractivity contribution in [1.29, 1.82) is 0 Å². The zero-order valence-electron chi connectivity index (χ0n) is 19.0. The van der Waals surface area contributed by atoms with Crippen molar-refractivity contribution in [2.75, 3.05) is 19.7 Å². The fourth-order valence-electron chi connectivity index (χ4n) is 3.90. The molecule has 3 aromatic rings. The van der Waals surface area contributed by atoms with Gasteiger partial charge in [-0.05, 0) is 69.6 Å². The summed E-state index contributed by atoms with van der Waals surface area (Å²) in [6, 6.07) is 15.6. The van der Waals surface area contributed by atoms with Crippen LogP contribution in [0, 0.1) is 12.8 Å². The van der Waals surface area contributed by atoms with Crippen molar-refractivity contribution in [3.05, 3.63) is 64.5 Å². The molecule has 2 atom stereocenters. The second kappa shape index (κ2) is 10.9. The Labute approximate surface area is 202 Å². The molecule has 0 aliphatic carbocycles. The van der Waals surface area contributed by atoms with E-state index in [2.05, 4.69) is 36.3 Å². The van der Waals surface area contributed by atoms with Gasteiger partial charge in [-0.15, -0.1) is 0 Å². The van der Waals surface area contributed by atoms with Gasteiger partial charge in [0.15, 0.2) is 0 Å². The third-order valence-corrected chi connectivity index (χ3v) is 6.24. The molecule has 0 saturated carbocycles. The molecule has 1 amide bonds. The minimum atomic E-state index is -0.0708. The van der Waals surface area contributed by atoms with Gasteiger partial charge in [-0.25, -0.2) is 0 Å². The minimum absolute atomic E-state index is 0.0607. The topological polar surface area (TPSA) is 80.5 Å². The van der Waals surface area contributed by atoms with Crippen LogP contribution < -0.4 is 10.1 Å². The Bertz CT molecular complexity index is 1050. The van der Waals surface area contributed by atoms with Crippen molar-refractivity contribution in [3.63, 3.8) is 0 Å². The molecular formula is C25H29BrN4O3. The lowest BCUT2D eigenvalue weighted by atomic mass is 9.97. The third-order valence-electron chi connectivity index (χ3n) is 5.72. The maximum absolute atomic E-state index is 12.8. The predicted octanol–water partition coefficient (Wildman–Crippen LogP) is 4.60. The maximum atomic E-state index is 12.8. The van der Waals surface area contributed by atoms with Gasteiger partial charge in [0.2, 0.25) is 17.6 Å². The number of hydrogen-bond donors (Lipinski definition) is 1. The predicted molar refractivity (Wildman–Crippen MR) is 130 cm³/mol. The molecular weight excluding hydrogens is 484 g/mol. The lowest BCUT2D eigenvalue weighted by molar-refractivity contribution is -0.127. The zero-order valence-corrected chi connectivity index (χ0v) is 20.5. The molecule has 4 rings (SSSR count). The van der Waals surface area contributed by atoms with Crippen molar-refractivity contribution in [1.82, 2.24) is 20.4 Å². The molecule has 1 saturated heterocycles. The first kappa shape index (κ1) is 23.4. The van der Waals surface area contributed by atoms with E-state index in [0.717, 1.165) is 35.2 Å². The standard InChI is InChI=1S/C25H29BrN4O3/c1-17-5-11-22(12-6-17)32-16-18(2)27-25(31)20-4-3-13-30(14-20)15-23-28-24(29-33-23)19-7-9-21(26)10-8-19/h5-12,18,20H,3-4,13-16H2,1-2H3,(H,27,31). The number of amides is 1. The highest BCUT2D eigenvalue weighted by Crippen LogP contribution is 2.22. The quantitative estimate of drug-likeness (QED) is 0.474. The Morgan fingerprint density at radius 1 is 1.24 bits per heavy atom. The number of nitrogens with zero attached hydrogens (tertiary/aromatic N) is 3. The summed E-state index contributed by atoms with van der Waals surface area (Å²) in [5.41, 5.74) is 2.10. The molecule has 0 radical (unpaired) electrons. The third kappa shape index (κ3) is 6.65. The summed E-state index contributed by atoms with van der Waals surface area (Å²) in [6.45, 7) is 6.57. The van der Waals surface area contributed by atoms with Gasteiger partial charge < -0.3 is 14.6 Å². The number of rotatable bonds is 8. The summed E-state index contributed by atoms with van der Waals surface area (Å²) in [5, 5.41) is 7.20. The summed E-state index contributed by atoms with van der Waals surface area (Å²) >= 11 is 3.43. The highest BCUT2D eigenvalue weighted by atomic mass is 79.9. The largest absolute Gasteiger partial charge is 0.491 e. The fourth-order valence-corrected chi connectivity index (χ4v) is 4.16. The van der Waals surface area contributed by atoms with Gasteiger partial charge in [0.1, 0.15) is 12.4 Å². The van der Waals surface area contributed by atoms with Crippen LogP contribution >= 0.6 is 15.9 Å². The molecule has 0 bridgehead atoms. The van der Waals surface area contributed by atoms with Gasteiger partial charge in [-0.1, -0.05) is 38.8 Å². The number of benzene rings is 2. The Morgan fingerprint density at radius 2 is 2.00 bits per heavy atom. The molecule has 2 heterocycles. The molecule has 2 unspecified atom stereocenters. The highest BCUT2D eigenvalue weighted by molar-refractivity contribution is 9.10. The van der Waals surface area contributed by atoms with Crippen molar-refractivity contribution in [3.8, 4) is 17.1 Å². The normalized spacial score (nSPS) is 17.5. The van der Waals surface area contributed by atoms with Crippen LogP contribution in [0.4, 0.5) is 0 Å². The van der Waals surface area contributed by atoms with Crippen LogP contribution in [0.3, 0.4) is 0 Å². The van der Waals surface area contributed by atoms with Crippen LogP contribution in [-0.2, 0) is 11.3 Å². The number of nitrogens with one attached hydrogen (secondary N) is 1. The van der Waals surface area contributed by atoms with Crippen LogP contribution in [0.15, 0.2) is 57.5 Å². The number of carbonyl (C=O) groups is 1. The Hall–Kier alpha value is -2.71. The average molecular weight is 513 g/mol. The molecule has 1 aliphatic heterocycles. The second-order valence-corrected chi connectivity index (χ2v) is 9.54. The number of halogens is 1. The van der Waals surface area contributed by atoms with E-state index in [1.807, 2.05) is 62.4 Å². The zero-order chi connectivity index (χ0) is 23.2. The molecule has 1 fully saturated rings. The van der Waals surface area contributed by atoms with E-state index in [0.29, 0.717) is 31.4 Å². The van der Waals surface area contributed by atoms with E-state index < -0.39 is 0 Å². The lowest BCUT2D eigenvalue weighted by Crippen LogP contribution is -2.46. The average Bonchev–Trinajstić information content (AvgIpc) is 3.27. The lowest BCUT2D eigenvalue weighted by Gasteiger charge is -2.31. The number of likely N-dealkylation sites (tertiary alicyclic amines) is 1. The first-order valence-electron chi connectivity index (χ1n) is 11.3. The summed E-state index contributed by atoms with van der Waals surface area (Å²) in [7, 11) is 0. The Kier molecular flexibility index (Phi) is 7.77. The van der Waals surface area contributed by atoms with Crippen molar-refractivity contribution in [2.24, 2.45) is 5.92 Å². The molecule has 7 nitrogen and oxygen atoms in total. The van der Waals surface area contributed by atoms with Crippen LogP contribution in [0.25, 0.3) is 11.4 Å². The Morgan fingerprint density at radius 3 is 2.76 bits per heavy atom.